The van der Waals surface area contributed by atoms with Crippen molar-refractivity contribution >= 4 is 41.1 Å². The van der Waals surface area contributed by atoms with Gasteiger partial charge in [-0.15, -0.1) is 0 Å². The fourth-order valence-electron chi connectivity index (χ4n) is 4.86. The smallest absolute Gasteiger partial charge is 0.314 e. The zero-order valence-corrected chi connectivity index (χ0v) is 25.5. The van der Waals surface area contributed by atoms with Gasteiger partial charge in [0.25, 0.3) is 0 Å². The predicted molar refractivity (Wildman–Crippen MR) is 166 cm³/mol. The van der Waals surface area contributed by atoms with Gasteiger partial charge in [0.2, 0.25) is 0 Å². The molecule has 0 amide bonds. The second-order valence-electron chi connectivity index (χ2n) is 10.2. The molecule has 0 bridgehead atoms. The highest BCUT2D eigenvalue weighted by Crippen LogP contribution is 2.41. The van der Waals surface area contributed by atoms with E-state index in [1.54, 1.807) is 31.4 Å². The number of rotatable bonds is 11. The van der Waals surface area contributed by atoms with Gasteiger partial charge in [-0.3, -0.25) is 14.4 Å². The highest BCUT2D eigenvalue weighted by Gasteiger charge is 2.33. The number of ketones is 2. The largest absolute Gasteiger partial charge is 0.497 e. The number of fused-ring (bicyclic) bond motifs is 2. The average molecular weight is 597 g/mol. The fourth-order valence-corrected chi connectivity index (χ4v) is 6.81. The minimum Gasteiger partial charge on any atom is -0.497 e. The Hall–Kier alpha value is -3.81. The van der Waals surface area contributed by atoms with Crippen LogP contribution in [0.1, 0.15) is 71.4 Å². The van der Waals surface area contributed by atoms with Gasteiger partial charge < -0.3 is 9.47 Å². The van der Waals surface area contributed by atoms with Crippen molar-refractivity contribution in [3.05, 3.63) is 107 Å². The standard InChI is InChI=1S/C35H32O5S2/c1-4-5-6-9-22(2)35(38)40-24-16-20-26(21-17-24)42-30-13-8-11-28-32(30)34(37)27-10-7-12-29(31(27)33(28)36)41-25-18-14-23(39-3)15-19-25/h7-8,10-22H,4-6,9H2,1-3H3. The molecule has 0 N–H and O–H groups in total. The number of methoxy groups -OCH3 is 1. The minimum atomic E-state index is -0.226. The maximum atomic E-state index is 13.8. The molecular weight excluding hydrogens is 565 g/mol. The number of hydrogen-bond donors (Lipinski definition) is 0. The molecule has 0 aromatic heterocycles. The lowest BCUT2D eigenvalue weighted by atomic mass is 9.84. The van der Waals surface area contributed by atoms with E-state index in [-0.39, 0.29) is 23.5 Å². The van der Waals surface area contributed by atoms with Crippen LogP contribution in [0.3, 0.4) is 0 Å². The number of unbranched alkanes of at least 4 members (excludes halogenated alkanes) is 2. The predicted octanol–water partition coefficient (Wildman–Crippen LogP) is 8.89. The Morgan fingerprint density at radius 3 is 1.69 bits per heavy atom. The van der Waals surface area contributed by atoms with Crippen LogP contribution in [0.5, 0.6) is 11.5 Å². The van der Waals surface area contributed by atoms with Gasteiger partial charge in [0.1, 0.15) is 11.5 Å². The fraction of sp³-hybridized carbons (Fsp3) is 0.229. The van der Waals surface area contributed by atoms with E-state index in [0.29, 0.717) is 32.9 Å². The zero-order valence-electron chi connectivity index (χ0n) is 23.8. The van der Waals surface area contributed by atoms with E-state index >= 15 is 0 Å². The number of carbonyl (C=O) groups is 3. The van der Waals surface area contributed by atoms with Crippen molar-refractivity contribution in [2.24, 2.45) is 5.92 Å². The molecule has 4 aromatic rings. The molecule has 0 fully saturated rings. The number of ether oxygens (including phenoxy) is 2. The van der Waals surface area contributed by atoms with Crippen molar-refractivity contribution in [3.8, 4) is 11.5 Å². The average Bonchev–Trinajstić information content (AvgIpc) is 3.01. The third-order valence-corrected chi connectivity index (χ3v) is 9.33. The molecule has 0 spiro atoms. The van der Waals surface area contributed by atoms with Crippen LogP contribution in [0.4, 0.5) is 0 Å². The lowest BCUT2D eigenvalue weighted by Gasteiger charge is -2.22. The quantitative estimate of drug-likeness (QED) is 0.0857. The Balaban J connectivity index is 1.35. The van der Waals surface area contributed by atoms with E-state index in [1.165, 1.54) is 23.5 Å². The van der Waals surface area contributed by atoms with Crippen molar-refractivity contribution in [1.82, 2.24) is 0 Å². The first-order valence-corrected chi connectivity index (χ1v) is 15.7. The van der Waals surface area contributed by atoms with Gasteiger partial charge in [-0.25, -0.2) is 0 Å². The van der Waals surface area contributed by atoms with E-state index in [4.69, 9.17) is 9.47 Å². The van der Waals surface area contributed by atoms with Crippen molar-refractivity contribution in [3.63, 3.8) is 0 Å². The highest BCUT2D eigenvalue weighted by molar-refractivity contribution is 7.99. The first-order valence-electron chi connectivity index (χ1n) is 14.1. The van der Waals surface area contributed by atoms with Crippen LogP contribution in [0.25, 0.3) is 0 Å². The molecule has 0 saturated carbocycles. The van der Waals surface area contributed by atoms with Gasteiger partial charge in [-0.1, -0.05) is 80.9 Å². The SMILES string of the molecule is CCCCCC(C)C(=O)Oc1ccc(Sc2cccc3c2C(=O)c2cccc(Sc4ccc(OC)cc4)c2C3=O)cc1. The third kappa shape index (κ3) is 6.48. The summed E-state index contributed by atoms with van der Waals surface area (Å²) in [4.78, 5) is 43.4. The molecular formula is C35H32O5S2. The number of hydrogen-bond acceptors (Lipinski definition) is 7. The van der Waals surface area contributed by atoms with Gasteiger partial charge in [-0.05, 0) is 67.1 Å². The molecule has 0 heterocycles. The number of carbonyl (C=O) groups excluding carboxylic acids is 3. The van der Waals surface area contributed by atoms with E-state index < -0.39 is 0 Å². The molecule has 1 unspecified atom stereocenters. The molecule has 0 radical (unpaired) electrons. The molecule has 1 aliphatic rings. The lowest BCUT2D eigenvalue weighted by molar-refractivity contribution is -0.138. The van der Waals surface area contributed by atoms with Crippen molar-refractivity contribution in [2.45, 2.75) is 59.1 Å². The van der Waals surface area contributed by atoms with Crippen LogP contribution in [0.15, 0.2) is 105 Å². The maximum absolute atomic E-state index is 13.8. The summed E-state index contributed by atoms with van der Waals surface area (Å²) >= 11 is 2.86. The second kappa shape index (κ2) is 13.4. The summed E-state index contributed by atoms with van der Waals surface area (Å²) in [5.41, 5.74) is 1.67. The normalized spacial score (nSPS) is 12.8. The van der Waals surface area contributed by atoms with E-state index in [1.807, 2.05) is 67.6 Å². The summed E-state index contributed by atoms with van der Waals surface area (Å²) in [5.74, 6) is 0.543. The molecule has 5 rings (SSSR count). The van der Waals surface area contributed by atoms with Crippen LogP contribution in [0.2, 0.25) is 0 Å². The lowest BCUT2D eigenvalue weighted by Crippen LogP contribution is -2.22. The van der Waals surface area contributed by atoms with Crippen LogP contribution < -0.4 is 9.47 Å². The molecule has 0 aliphatic heterocycles. The zero-order chi connectivity index (χ0) is 29.6. The van der Waals surface area contributed by atoms with E-state index in [9.17, 15) is 14.4 Å². The number of esters is 1. The topological polar surface area (TPSA) is 69.7 Å². The van der Waals surface area contributed by atoms with Gasteiger partial charge in [-0.2, -0.15) is 0 Å². The molecule has 4 aromatic carbocycles. The first kappa shape index (κ1) is 29.7. The monoisotopic (exact) mass is 596 g/mol. The molecule has 1 atom stereocenters. The Labute approximate surface area is 255 Å². The van der Waals surface area contributed by atoms with Gasteiger partial charge in [0, 0.05) is 41.8 Å². The first-order chi connectivity index (χ1) is 20.4. The molecule has 5 nitrogen and oxygen atoms in total. The third-order valence-electron chi connectivity index (χ3n) is 7.20. The maximum Gasteiger partial charge on any atom is 0.314 e. The van der Waals surface area contributed by atoms with Crippen LogP contribution in [0, 0.1) is 5.92 Å². The van der Waals surface area contributed by atoms with Gasteiger partial charge in [0.05, 0.1) is 13.0 Å². The van der Waals surface area contributed by atoms with Crippen LogP contribution >= 0.6 is 23.5 Å². The van der Waals surface area contributed by atoms with Crippen molar-refractivity contribution < 1.29 is 23.9 Å². The Morgan fingerprint density at radius 1 is 0.714 bits per heavy atom. The molecule has 214 valence electrons. The summed E-state index contributed by atoms with van der Waals surface area (Å²) < 4.78 is 10.8. The van der Waals surface area contributed by atoms with Gasteiger partial charge >= 0.3 is 5.97 Å². The minimum absolute atomic E-state index is 0.150. The number of benzene rings is 4. The van der Waals surface area contributed by atoms with Crippen LogP contribution in [-0.2, 0) is 4.79 Å². The Morgan fingerprint density at radius 2 is 1.21 bits per heavy atom. The van der Waals surface area contributed by atoms with Crippen molar-refractivity contribution in [2.75, 3.05) is 7.11 Å². The van der Waals surface area contributed by atoms with E-state index in [0.717, 1.165) is 46.1 Å². The summed E-state index contributed by atoms with van der Waals surface area (Å²) in [7, 11) is 1.62. The Kier molecular flexibility index (Phi) is 9.50. The Bertz CT molecular complexity index is 1610. The van der Waals surface area contributed by atoms with Crippen molar-refractivity contribution in [1.29, 1.82) is 0 Å². The molecule has 42 heavy (non-hydrogen) atoms. The van der Waals surface area contributed by atoms with Crippen LogP contribution in [-0.4, -0.2) is 24.6 Å². The molecule has 1 aliphatic carbocycles. The van der Waals surface area contributed by atoms with E-state index in [2.05, 4.69) is 6.92 Å². The van der Waals surface area contributed by atoms with Gasteiger partial charge in [0.15, 0.2) is 11.6 Å². The molecule has 0 saturated heterocycles. The summed E-state index contributed by atoms with van der Waals surface area (Å²) in [6, 6.07) is 25.7. The summed E-state index contributed by atoms with van der Waals surface area (Å²) in [5, 5.41) is 0. The summed E-state index contributed by atoms with van der Waals surface area (Å²) in [6.07, 6.45) is 4.05. The summed E-state index contributed by atoms with van der Waals surface area (Å²) in [6.45, 7) is 4.04. The second-order valence-corrected chi connectivity index (χ2v) is 12.4. The molecule has 7 heteroatoms. The highest BCUT2D eigenvalue weighted by atomic mass is 32.2.